The summed E-state index contributed by atoms with van der Waals surface area (Å²) in [6, 6.07) is 15.8. The molecule has 1 amide bonds. The van der Waals surface area contributed by atoms with E-state index in [1.54, 1.807) is 24.1 Å². The highest BCUT2D eigenvalue weighted by molar-refractivity contribution is 5.84. The van der Waals surface area contributed by atoms with Crippen molar-refractivity contribution in [3.8, 4) is 11.6 Å². The van der Waals surface area contributed by atoms with Gasteiger partial charge in [-0.2, -0.15) is 4.98 Å². The van der Waals surface area contributed by atoms with Crippen LogP contribution in [0.4, 0.5) is 4.39 Å². The molecule has 6 nitrogen and oxygen atoms in total. The predicted octanol–water partition coefficient (Wildman–Crippen LogP) is 3.60. The summed E-state index contributed by atoms with van der Waals surface area (Å²) in [5, 5.41) is 5.07. The van der Waals surface area contributed by atoms with E-state index in [-0.39, 0.29) is 18.1 Å². The van der Waals surface area contributed by atoms with Crippen molar-refractivity contribution in [3.63, 3.8) is 0 Å². The quantitative estimate of drug-likeness (QED) is 0.556. The van der Waals surface area contributed by atoms with Gasteiger partial charge in [0.05, 0.1) is 6.42 Å². The average molecular weight is 378 g/mol. The Morgan fingerprint density at radius 3 is 2.75 bits per heavy atom. The van der Waals surface area contributed by atoms with E-state index in [4.69, 9.17) is 4.52 Å². The number of para-hydroxylation sites is 1. The first kappa shape index (κ1) is 17.9. The van der Waals surface area contributed by atoms with Gasteiger partial charge in [0.1, 0.15) is 11.5 Å². The summed E-state index contributed by atoms with van der Waals surface area (Å²) in [4.78, 5) is 21.6. The van der Waals surface area contributed by atoms with Crippen LogP contribution in [0.5, 0.6) is 0 Å². The fourth-order valence-electron chi connectivity index (χ4n) is 2.96. The number of hydrogen-bond acceptors (Lipinski definition) is 4. The molecule has 0 saturated heterocycles. The Balaban J connectivity index is 1.36. The monoisotopic (exact) mass is 378 g/mol. The number of nitrogens with one attached hydrogen (secondary N) is 1. The van der Waals surface area contributed by atoms with E-state index in [0.717, 1.165) is 22.2 Å². The van der Waals surface area contributed by atoms with Gasteiger partial charge in [-0.15, -0.1) is 0 Å². The molecule has 0 unspecified atom stereocenters. The third-order valence-corrected chi connectivity index (χ3v) is 4.59. The topological polar surface area (TPSA) is 75.0 Å². The van der Waals surface area contributed by atoms with Gasteiger partial charge in [-0.05, 0) is 29.8 Å². The number of fused-ring (bicyclic) bond motifs is 1. The van der Waals surface area contributed by atoms with Gasteiger partial charge in [0.25, 0.3) is 5.89 Å². The average Bonchev–Trinajstić information content (AvgIpc) is 3.34. The zero-order valence-electron chi connectivity index (χ0n) is 15.4. The standard InChI is InChI=1S/C21H19FN4O2/c1-26(20(27)12-14-6-8-16(22)9-7-14)11-10-19-24-21(28-25-19)18-13-15-4-2-3-5-17(15)23-18/h2-9,13,23H,10-12H2,1H3. The van der Waals surface area contributed by atoms with Crippen LogP contribution >= 0.6 is 0 Å². The number of carbonyl (C=O) groups excluding carboxylic acids is 1. The number of halogens is 1. The third kappa shape index (κ3) is 3.93. The van der Waals surface area contributed by atoms with Crippen LogP contribution in [0.15, 0.2) is 59.1 Å². The van der Waals surface area contributed by atoms with E-state index in [1.807, 2.05) is 30.3 Å². The number of benzene rings is 2. The molecular formula is C21H19FN4O2. The van der Waals surface area contributed by atoms with Crippen molar-refractivity contribution >= 4 is 16.8 Å². The van der Waals surface area contributed by atoms with Crippen molar-refractivity contribution in [2.45, 2.75) is 12.8 Å². The molecule has 0 radical (unpaired) electrons. The number of rotatable bonds is 6. The molecule has 28 heavy (non-hydrogen) atoms. The molecule has 0 aliphatic carbocycles. The Bertz CT molecular complexity index is 1070. The molecule has 0 aliphatic rings. The van der Waals surface area contributed by atoms with Gasteiger partial charge in [0, 0.05) is 30.9 Å². The van der Waals surface area contributed by atoms with Crippen molar-refractivity contribution in [1.82, 2.24) is 20.0 Å². The molecule has 0 fully saturated rings. The van der Waals surface area contributed by atoms with Crippen LogP contribution in [0.2, 0.25) is 0 Å². The molecular weight excluding hydrogens is 359 g/mol. The van der Waals surface area contributed by atoms with Gasteiger partial charge >= 0.3 is 0 Å². The first-order chi connectivity index (χ1) is 13.6. The summed E-state index contributed by atoms with van der Waals surface area (Å²) in [5.41, 5.74) is 2.54. The first-order valence-electron chi connectivity index (χ1n) is 8.97. The van der Waals surface area contributed by atoms with Crippen molar-refractivity contribution < 1.29 is 13.7 Å². The molecule has 4 rings (SSSR count). The smallest absolute Gasteiger partial charge is 0.274 e. The van der Waals surface area contributed by atoms with Crippen LogP contribution in [0.1, 0.15) is 11.4 Å². The first-order valence-corrected chi connectivity index (χ1v) is 8.97. The van der Waals surface area contributed by atoms with Crippen molar-refractivity contribution in [2.24, 2.45) is 0 Å². The Hall–Kier alpha value is -3.48. The number of amides is 1. The molecule has 1 N–H and O–H groups in total. The molecule has 2 heterocycles. The van der Waals surface area contributed by atoms with Crippen LogP contribution in [-0.2, 0) is 17.6 Å². The van der Waals surface area contributed by atoms with Crippen LogP contribution in [-0.4, -0.2) is 39.5 Å². The maximum atomic E-state index is 13.0. The van der Waals surface area contributed by atoms with Gasteiger partial charge in [-0.25, -0.2) is 4.39 Å². The molecule has 2 aromatic heterocycles. The van der Waals surface area contributed by atoms with E-state index in [0.29, 0.717) is 24.7 Å². The van der Waals surface area contributed by atoms with E-state index < -0.39 is 0 Å². The summed E-state index contributed by atoms with van der Waals surface area (Å²) in [7, 11) is 1.73. The van der Waals surface area contributed by atoms with E-state index in [1.165, 1.54) is 12.1 Å². The molecule has 0 atom stereocenters. The highest BCUT2D eigenvalue weighted by atomic mass is 19.1. The summed E-state index contributed by atoms with van der Waals surface area (Å²) in [6.07, 6.45) is 0.707. The van der Waals surface area contributed by atoms with Gasteiger partial charge < -0.3 is 14.4 Å². The van der Waals surface area contributed by atoms with Crippen LogP contribution in [0.3, 0.4) is 0 Å². The van der Waals surface area contributed by atoms with Crippen LogP contribution < -0.4 is 0 Å². The van der Waals surface area contributed by atoms with Crippen molar-refractivity contribution in [3.05, 3.63) is 71.8 Å². The molecule has 7 heteroatoms. The second-order valence-electron chi connectivity index (χ2n) is 6.65. The van der Waals surface area contributed by atoms with E-state index >= 15 is 0 Å². The van der Waals surface area contributed by atoms with Crippen LogP contribution in [0.25, 0.3) is 22.5 Å². The van der Waals surface area contributed by atoms with E-state index in [9.17, 15) is 9.18 Å². The lowest BCUT2D eigenvalue weighted by atomic mass is 10.1. The van der Waals surface area contributed by atoms with Gasteiger partial charge in [-0.1, -0.05) is 35.5 Å². The molecule has 0 aliphatic heterocycles. The fourth-order valence-corrected chi connectivity index (χ4v) is 2.96. The number of aromatic nitrogens is 3. The molecule has 2 aromatic carbocycles. The predicted molar refractivity (Wildman–Crippen MR) is 103 cm³/mol. The van der Waals surface area contributed by atoms with Crippen molar-refractivity contribution in [2.75, 3.05) is 13.6 Å². The summed E-state index contributed by atoms with van der Waals surface area (Å²) in [5.74, 6) is 0.597. The molecule has 4 aromatic rings. The third-order valence-electron chi connectivity index (χ3n) is 4.59. The highest BCUT2D eigenvalue weighted by Gasteiger charge is 2.14. The number of H-pyrrole nitrogens is 1. The SMILES string of the molecule is CN(CCc1noc(-c2cc3ccccc3[nH]2)n1)C(=O)Cc1ccc(F)cc1. The Kier molecular flexibility index (Phi) is 4.89. The number of likely N-dealkylation sites (N-methyl/N-ethyl adjacent to an activating group) is 1. The minimum atomic E-state index is -0.313. The minimum absolute atomic E-state index is 0.0501. The number of hydrogen-bond donors (Lipinski definition) is 1. The Labute approximate surface area is 161 Å². The Morgan fingerprint density at radius 2 is 1.96 bits per heavy atom. The lowest BCUT2D eigenvalue weighted by molar-refractivity contribution is -0.129. The van der Waals surface area contributed by atoms with Gasteiger partial charge in [-0.3, -0.25) is 4.79 Å². The van der Waals surface area contributed by atoms with Gasteiger partial charge in [0.15, 0.2) is 5.82 Å². The summed E-state index contributed by atoms with van der Waals surface area (Å²) < 4.78 is 18.3. The lowest BCUT2D eigenvalue weighted by Gasteiger charge is -2.16. The lowest BCUT2D eigenvalue weighted by Crippen LogP contribution is -2.30. The second kappa shape index (κ2) is 7.64. The maximum Gasteiger partial charge on any atom is 0.274 e. The van der Waals surface area contributed by atoms with E-state index in [2.05, 4.69) is 15.1 Å². The molecule has 0 bridgehead atoms. The maximum absolute atomic E-state index is 13.0. The number of carbonyl (C=O) groups is 1. The van der Waals surface area contributed by atoms with Crippen LogP contribution in [0, 0.1) is 5.82 Å². The Morgan fingerprint density at radius 1 is 1.18 bits per heavy atom. The minimum Gasteiger partial charge on any atom is -0.351 e. The number of aromatic amines is 1. The zero-order chi connectivity index (χ0) is 19.5. The van der Waals surface area contributed by atoms with Gasteiger partial charge in [0.2, 0.25) is 5.91 Å². The summed E-state index contributed by atoms with van der Waals surface area (Å²) >= 11 is 0. The van der Waals surface area contributed by atoms with Crippen molar-refractivity contribution in [1.29, 1.82) is 0 Å². The fraction of sp³-hybridized carbons (Fsp3) is 0.190. The highest BCUT2D eigenvalue weighted by Crippen LogP contribution is 2.22. The largest absolute Gasteiger partial charge is 0.351 e. The zero-order valence-corrected chi connectivity index (χ0v) is 15.4. The summed E-state index contributed by atoms with van der Waals surface area (Å²) in [6.45, 7) is 0.464. The second-order valence-corrected chi connectivity index (χ2v) is 6.65. The number of nitrogens with zero attached hydrogens (tertiary/aromatic N) is 3. The molecule has 142 valence electrons. The normalized spacial score (nSPS) is 11.1. The molecule has 0 saturated carbocycles. The molecule has 0 spiro atoms.